The molecular weight excluding hydrogens is 192 g/mol. The van der Waals surface area contributed by atoms with Crippen LogP contribution in [0.1, 0.15) is 6.92 Å². The van der Waals surface area contributed by atoms with Gasteiger partial charge in [-0.3, -0.25) is 4.79 Å². The van der Waals surface area contributed by atoms with Crippen molar-refractivity contribution in [2.75, 3.05) is 0 Å². The van der Waals surface area contributed by atoms with Crippen LogP contribution in [-0.2, 0) is 11.3 Å². The van der Waals surface area contributed by atoms with Gasteiger partial charge in [-0.2, -0.15) is 4.80 Å². The second-order valence-electron chi connectivity index (χ2n) is 3.21. The fourth-order valence-electron chi connectivity index (χ4n) is 1.21. The summed E-state index contributed by atoms with van der Waals surface area (Å²) in [6.45, 7) is 1.66. The third kappa shape index (κ3) is 2.25. The number of tetrazole rings is 1. The van der Waals surface area contributed by atoms with Gasteiger partial charge in [-0.1, -0.05) is 30.3 Å². The molecular formula is C10H10N4O. The predicted octanol–water partition coefficient (Wildman–Crippen LogP) is 0.929. The molecule has 5 heteroatoms. The molecule has 0 spiro atoms. The summed E-state index contributed by atoms with van der Waals surface area (Å²) in [5, 5.41) is 11.8. The molecule has 0 aliphatic rings. The molecule has 76 valence electrons. The Morgan fingerprint density at radius 1 is 1.33 bits per heavy atom. The molecule has 0 saturated carbocycles. The average molecular weight is 202 g/mol. The molecule has 1 aromatic carbocycles. The van der Waals surface area contributed by atoms with E-state index in [1.165, 1.54) is 11.7 Å². The number of carbonyl (C=O) groups excluding carboxylic acids is 1. The molecule has 5 nitrogen and oxygen atoms in total. The van der Waals surface area contributed by atoms with Gasteiger partial charge in [0.1, 0.15) is 6.54 Å². The molecule has 0 atom stereocenters. The Bertz CT molecular complexity index is 463. The van der Waals surface area contributed by atoms with E-state index in [1.807, 2.05) is 30.3 Å². The lowest BCUT2D eigenvalue weighted by molar-refractivity contribution is -0.117. The maximum Gasteiger partial charge on any atom is 0.204 e. The fraction of sp³-hybridized carbons (Fsp3) is 0.200. The molecule has 1 heterocycles. The number of Topliss-reactive ketones (excluding diaryl/α,β-unsaturated/α-hetero) is 1. The quantitative estimate of drug-likeness (QED) is 0.742. The van der Waals surface area contributed by atoms with Crippen LogP contribution in [0.15, 0.2) is 30.3 Å². The number of nitrogens with zero attached hydrogens (tertiary/aromatic N) is 4. The first-order valence-electron chi connectivity index (χ1n) is 4.58. The number of benzene rings is 1. The molecule has 0 saturated heterocycles. The number of hydrogen-bond donors (Lipinski definition) is 0. The molecule has 2 rings (SSSR count). The van der Waals surface area contributed by atoms with Gasteiger partial charge in [-0.05, 0) is 12.1 Å². The first kappa shape index (κ1) is 9.51. The summed E-state index contributed by atoms with van der Waals surface area (Å²) in [5.41, 5.74) is 0.896. The van der Waals surface area contributed by atoms with E-state index in [1.54, 1.807) is 0 Å². The largest absolute Gasteiger partial charge is 0.298 e. The lowest BCUT2D eigenvalue weighted by atomic mass is 10.2. The lowest BCUT2D eigenvalue weighted by Crippen LogP contribution is -2.09. The number of ketones is 1. The highest BCUT2D eigenvalue weighted by molar-refractivity contribution is 5.75. The second kappa shape index (κ2) is 4.00. The second-order valence-corrected chi connectivity index (χ2v) is 3.21. The van der Waals surface area contributed by atoms with Crippen LogP contribution in [-0.4, -0.2) is 26.0 Å². The Balaban J connectivity index is 2.24. The van der Waals surface area contributed by atoms with E-state index < -0.39 is 0 Å². The molecule has 0 aliphatic heterocycles. The van der Waals surface area contributed by atoms with Gasteiger partial charge in [0.25, 0.3) is 0 Å². The molecule has 15 heavy (non-hydrogen) atoms. The van der Waals surface area contributed by atoms with Crippen molar-refractivity contribution in [1.29, 1.82) is 0 Å². The smallest absolute Gasteiger partial charge is 0.204 e. The van der Waals surface area contributed by atoms with Gasteiger partial charge in [0.2, 0.25) is 5.82 Å². The Kier molecular flexibility index (Phi) is 2.53. The van der Waals surface area contributed by atoms with Gasteiger partial charge < -0.3 is 0 Å². The lowest BCUT2D eigenvalue weighted by Gasteiger charge is -1.92. The number of carbonyl (C=O) groups is 1. The van der Waals surface area contributed by atoms with Crippen LogP contribution < -0.4 is 0 Å². The molecule has 0 amide bonds. The van der Waals surface area contributed by atoms with Crippen LogP contribution in [0, 0.1) is 0 Å². The summed E-state index contributed by atoms with van der Waals surface area (Å²) in [6.07, 6.45) is 0. The highest BCUT2D eigenvalue weighted by Gasteiger charge is 2.05. The van der Waals surface area contributed by atoms with Crippen molar-refractivity contribution in [1.82, 2.24) is 20.2 Å². The highest BCUT2D eigenvalue weighted by Crippen LogP contribution is 2.11. The van der Waals surface area contributed by atoms with E-state index in [4.69, 9.17) is 0 Å². The zero-order valence-corrected chi connectivity index (χ0v) is 8.29. The van der Waals surface area contributed by atoms with Crippen molar-refractivity contribution in [3.05, 3.63) is 30.3 Å². The minimum atomic E-state index is 0.00649. The van der Waals surface area contributed by atoms with E-state index in [0.717, 1.165) is 5.56 Å². The highest BCUT2D eigenvalue weighted by atomic mass is 16.1. The standard InChI is InChI=1S/C10H10N4O/c1-8(15)7-14-12-10(11-13-14)9-5-3-2-4-6-9/h2-6H,7H2,1H3. The monoisotopic (exact) mass is 202 g/mol. The Morgan fingerprint density at radius 2 is 2.07 bits per heavy atom. The molecule has 0 fully saturated rings. The van der Waals surface area contributed by atoms with E-state index in [2.05, 4.69) is 15.4 Å². The summed E-state index contributed by atoms with van der Waals surface area (Å²) in [5.74, 6) is 0.545. The van der Waals surface area contributed by atoms with Crippen molar-refractivity contribution >= 4 is 5.78 Å². The molecule has 0 unspecified atom stereocenters. The van der Waals surface area contributed by atoms with Gasteiger partial charge in [0, 0.05) is 5.56 Å². The van der Waals surface area contributed by atoms with Crippen LogP contribution in [0.2, 0.25) is 0 Å². The molecule has 0 aliphatic carbocycles. The summed E-state index contributed by atoms with van der Waals surface area (Å²) in [4.78, 5) is 12.1. The molecule has 0 N–H and O–H groups in total. The van der Waals surface area contributed by atoms with Gasteiger partial charge >= 0.3 is 0 Å². The molecule has 0 bridgehead atoms. The normalized spacial score (nSPS) is 10.2. The van der Waals surface area contributed by atoms with Gasteiger partial charge in [0.15, 0.2) is 5.78 Å². The van der Waals surface area contributed by atoms with Crippen molar-refractivity contribution < 1.29 is 4.79 Å². The van der Waals surface area contributed by atoms with E-state index in [0.29, 0.717) is 5.82 Å². The third-order valence-corrected chi connectivity index (χ3v) is 1.85. The van der Waals surface area contributed by atoms with Crippen LogP contribution >= 0.6 is 0 Å². The minimum Gasteiger partial charge on any atom is -0.298 e. The van der Waals surface area contributed by atoms with E-state index >= 15 is 0 Å². The molecule has 0 radical (unpaired) electrons. The van der Waals surface area contributed by atoms with Crippen molar-refractivity contribution in [3.63, 3.8) is 0 Å². The third-order valence-electron chi connectivity index (χ3n) is 1.85. The topological polar surface area (TPSA) is 60.7 Å². The fourth-order valence-corrected chi connectivity index (χ4v) is 1.21. The maximum atomic E-state index is 10.8. The summed E-state index contributed by atoms with van der Waals surface area (Å²) >= 11 is 0. The van der Waals surface area contributed by atoms with Gasteiger partial charge in [-0.25, -0.2) is 0 Å². The first-order valence-corrected chi connectivity index (χ1v) is 4.58. The zero-order chi connectivity index (χ0) is 10.7. The van der Waals surface area contributed by atoms with Crippen molar-refractivity contribution in [2.24, 2.45) is 0 Å². The molecule has 2 aromatic rings. The minimum absolute atomic E-state index is 0.00649. The van der Waals surface area contributed by atoms with E-state index in [9.17, 15) is 4.79 Å². The summed E-state index contributed by atoms with van der Waals surface area (Å²) in [6, 6.07) is 9.52. The van der Waals surface area contributed by atoms with E-state index in [-0.39, 0.29) is 12.3 Å². The van der Waals surface area contributed by atoms with Crippen LogP contribution in [0.4, 0.5) is 0 Å². The first-order chi connectivity index (χ1) is 7.25. The molecule has 1 aromatic heterocycles. The van der Waals surface area contributed by atoms with Crippen LogP contribution in [0.25, 0.3) is 11.4 Å². The number of aromatic nitrogens is 4. The van der Waals surface area contributed by atoms with Gasteiger partial charge in [-0.15, -0.1) is 10.2 Å². The van der Waals surface area contributed by atoms with Gasteiger partial charge in [0.05, 0.1) is 0 Å². The Hall–Kier alpha value is -2.04. The SMILES string of the molecule is CC(=O)Cn1nnc(-c2ccccc2)n1. The number of hydrogen-bond acceptors (Lipinski definition) is 4. The van der Waals surface area contributed by atoms with Crippen LogP contribution in [0.3, 0.4) is 0 Å². The predicted molar refractivity (Wildman–Crippen MR) is 53.9 cm³/mol. The zero-order valence-electron chi connectivity index (χ0n) is 8.29. The number of rotatable bonds is 3. The maximum absolute atomic E-state index is 10.8. The summed E-state index contributed by atoms with van der Waals surface area (Å²) in [7, 11) is 0. The Morgan fingerprint density at radius 3 is 2.73 bits per heavy atom. The average Bonchev–Trinajstić information content (AvgIpc) is 2.67. The van der Waals surface area contributed by atoms with Crippen LogP contribution in [0.5, 0.6) is 0 Å². The van der Waals surface area contributed by atoms with Crippen molar-refractivity contribution in [2.45, 2.75) is 13.5 Å². The Labute approximate surface area is 86.7 Å². The van der Waals surface area contributed by atoms with Crippen molar-refractivity contribution in [3.8, 4) is 11.4 Å². The summed E-state index contributed by atoms with van der Waals surface area (Å²) < 4.78 is 0.